The van der Waals surface area contributed by atoms with Crippen LogP contribution in [-0.4, -0.2) is 42.4 Å². The third kappa shape index (κ3) is 4.22. The van der Waals surface area contributed by atoms with Gasteiger partial charge in [0.1, 0.15) is 15.2 Å². The molecule has 1 heterocycles. The maximum atomic E-state index is 15.0. The number of nitrogens with zero attached hydrogens (tertiary/aromatic N) is 1. The fourth-order valence-electron chi connectivity index (χ4n) is 2.63. The molecule has 13 heteroatoms. The lowest BCUT2D eigenvalue weighted by molar-refractivity contribution is -0.428. The molecule has 4 N–H and O–H groups in total. The largest absolute Gasteiger partial charge is 0.598 e. The Morgan fingerprint density at radius 1 is 1.15 bits per heavy atom. The Balaban J connectivity index is 3.82. The Morgan fingerprint density at radius 3 is 2.04 bits per heavy atom. The summed E-state index contributed by atoms with van der Waals surface area (Å²) in [7, 11) is 0. The van der Waals surface area contributed by atoms with Crippen LogP contribution in [0.4, 0.5) is 26.3 Å². The molecular weight excluding hydrogens is 470 g/mol. The van der Waals surface area contributed by atoms with E-state index in [1.54, 1.807) is 0 Å². The SMILES string of the molecule is CC(C)(CC(C)(c1nc(Br)ccc1F)C(F)(F)C(O)(O)C(F)(F)F)[S@+](N)[O-]. The van der Waals surface area contributed by atoms with Crippen molar-refractivity contribution in [2.45, 2.75) is 55.2 Å². The first-order chi connectivity index (χ1) is 11.8. The van der Waals surface area contributed by atoms with Crippen LogP contribution >= 0.6 is 15.9 Å². The third-order valence-corrected chi connectivity index (χ3v) is 5.86. The van der Waals surface area contributed by atoms with E-state index in [4.69, 9.17) is 5.14 Å². The van der Waals surface area contributed by atoms with E-state index in [0.717, 1.165) is 19.9 Å². The molecule has 1 aromatic rings. The number of nitrogens with two attached hydrogens (primary N) is 1. The summed E-state index contributed by atoms with van der Waals surface area (Å²) in [5.74, 6) is -12.4. The molecule has 5 nitrogen and oxygen atoms in total. The molecule has 1 rings (SSSR count). The van der Waals surface area contributed by atoms with Crippen LogP contribution in [0.15, 0.2) is 16.7 Å². The lowest BCUT2D eigenvalue weighted by Gasteiger charge is -2.45. The van der Waals surface area contributed by atoms with Crippen molar-refractivity contribution in [2.75, 3.05) is 0 Å². The van der Waals surface area contributed by atoms with Crippen molar-refractivity contribution in [1.82, 2.24) is 4.98 Å². The zero-order chi connectivity index (χ0) is 21.6. The second kappa shape index (κ2) is 7.34. The van der Waals surface area contributed by atoms with Crippen LogP contribution in [0.2, 0.25) is 0 Å². The van der Waals surface area contributed by atoms with E-state index in [1.807, 2.05) is 0 Å². The molecule has 2 atom stereocenters. The smallest absolute Gasteiger partial charge is 0.449 e. The van der Waals surface area contributed by atoms with Gasteiger partial charge in [0.05, 0.1) is 11.1 Å². The summed E-state index contributed by atoms with van der Waals surface area (Å²) >= 11 is 0.469. The highest BCUT2D eigenvalue weighted by Gasteiger charge is 2.76. The zero-order valence-corrected chi connectivity index (χ0v) is 16.6. The molecule has 0 aliphatic rings. The minimum absolute atomic E-state index is 0.193. The van der Waals surface area contributed by atoms with Gasteiger partial charge in [-0.25, -0.2) is 9.37 Å². The predicted molar refractivity (Wildman–Crippen MR) is 88.4 cm³/mol. The van der Waals surface area contributed by atoms with Crippen molar-refractivity contribution in [2.24, 2.45) is 5.14 Å². The van der Waals surface area contributed by atoms with Gasteiger partial charge < -0.3 is 14.8 Å². The van der Waals surface area contributed by atoms with Gasteiger partial charge in [-0.2, -0.15) is 27.1 Å². The van der Waals surface area contributed by atoms with E-state index in [0.29, 0.717) is 13.0 Å². The summed E-state index contributed by atoms with van der Waals surface area (Å²) in [5.41, 5.74) is -4.45. The van der Waals surface area contributed by atoms with Gasteiger partial charge in [0.15, 0.2) is 0 Å². The van der Waals surface area contributed by atoms with Crippen LogP contribution in [-0.2, 0) is 16.8 Å². The van der Waals surface area contributed by atoms with Gasteiger partial charge >= 0.3 is 17.9 Å². The molecule has 0 radical (unpaired) electrons. The van der Waals surface area contributed by atoms with Gasteiger partial charge in [-0.1, -0.05) is 0 Å². The molecule has 0 bridgehead atoms. The zero-order valence-electron chi connectivity index (χ0n) is 14.2. The van der Waals surface area contributed by atoms with Crippen LogP contribution in [0.1, 0.15) is 32.9 Å². The average molecular weight is 487 g/mol. The highest BCUT2D eigenvalue weighted by Crippen LogP contribution is 2.54. The molecule has 0 fully saturated rings. The number of rotatable bonds is 6. The van der Waals surface area contributed by atoms with E-state index in [2.05, 4.69) is 20.9 Å². The second-order valence-corrected chi connectivity index (χ2v) is 9.29. The number of alkyl halides is 5. The molecule has 0 aromatic carbocycles. The summed E-state index contributed by atoms with van der Waals surface area (Å²) < 4.78 is 92.8. The molecule has 1 aromatic heterocycles. The number of aliphatic hydroxyl groups is 2. The van der Waals surface area contributed by atoms with E-state index in [-0.39, 0.29) is 4.60 Å². The molecule has 27 heavy (non-hydrogen) atoms. The van der Waals surface area contributed by atoms with Crippen molar-refractivity contribution < 1.29 is 41.1 Å². The molecule has 1 unspecified atom stereocenters. The summed E-state index contributed by atoms with van der Waals surface area (Å²) in [4.78, 5) is 3.48. The lowest BCUT2D eigenvalue weighted by Crippen LogP contribution is -2.68. The topological polar surface area (TPSA) is 102 Å². The number of aromatic nitrogens is 1. The Morgan fingerprint density at radius 2 is 1.63 bits per heavy atom. The normalized spacial score (nSPS) is 17.6. The van der Waals surface area contributed by atoms with Gasteiger partial charge in [0, 0.05) is 17.8 Å². The van der Waals surface area contributed by atoms with E-state index < -0.39 is 57.3 Å². The first-order valence-electron chi connectivity index (χ1n) is 7.19. The molecule has 0 aliphatic heterocycles. The molecule has 0 amide bonds. The summed E-state index contributed by atoms with van der Waals surface area (Å²) in [6.45, 7) is 2.65. The fraction of sp³-hybridized carbons (Fsp3) is 0.643. The van der Waals surface area contributed by atoms with Gasteiger partial charge in [0.25, 0.3) is 0 Å². The first kappa shape index (κ1) is 24.4. The quantitative estimate of drug-likeness (QED) is 0.248. The fourth-order valence-corrected chi connectivity index (χ4v) is 3.37. The standard InChI is InChI=1S/C14H17BrF6N2O3S/c1-10(2,27(22)26)6-11(3,9-7(16)4-5-8(15)23-9)12(17,18)13(24,25)14(19,20)21/h4-5,24-25H,6,22H2,1-3H3/t11?,27-/m1/s1. The summed E-state index contributed by atoms with van der Waals surface area (Å²) in [5, 5.41) is 23.8. The number of hydrogen-bond acceptors (Lipinski definition) is 5. The van der Waals surface area contributed by atoms with Crippen molar-refractivity contribution >= 4 is 27.3 Å². The van der Waals surface area contributed by atoms with Crippen molar-refractivity contribution in [3.8, 4) is 0 Å². The Hall–Kier alpha value is -0.600. The van der Waals surface area contributed by atoms with Crippen LogP contribution in [0.3, 0.4) is 0 Å². The van der Waals surface area contributed by atoms with Gasteiger partial charge in [-0.05, 0) is 48.8 Å². The first-order valence-corrected chi connectivity index (χ1v) is 9.20. The number of hydrogen-bond donors (Lipinski definition) is 3. The third-order valence-electron chi connectivity index (χ3n) is 4.18. The van der Waals surface area contributed by atoms with E-state index in [9.17, 15) is 41.1 Å². The predicted octanol–water partition coefficient (Wildman–Crippen LogP) is 2.91. The van der Waals surface area contributed by atoms with Crippen LogP contribution in [0.5, 0.6) is 0 Å². The molecular formula is C14H17BrF6N2O3S. The molecule has 0 saturated heterocycles. The van der Waals surface area contributed by atoms with Crippen LogP contribution < -0.4 is 5.14 Å². The van der Waals surface area contributed by atoms with E-state index >= 15 is 0 Å². The number of halogens is 7. The van der Waals surface area contributed by atoms with Crippen molar-refractivity contribution in [1.29, 1.82) is 0 Å². The van der Waals surface area contributed by atoms with E-state index in [1.165, 1.54) is 0 Å². The van der Waals surface area contributed by atoms with Crippen molar-refractivity contribution in [3.05, 3.63) is 28.2 Å². The van der Waals surface area contributed by atoms with Gasteiger partial charge in [-0.15, -0.1) is 0 Å². The maximum absolute atomic E-state index is 15.0. The Kier molecular flexibility index (Phi) is 6.64. The summed E-state index contributed by atoms with van der Waals surface area (Å²) in [6, 6.07) is 1.68. The Labute approximate surface area is 162 Å². The van der Waals surface area contributed by atoms with Crippen LogP contribution in [0, 0.1) is 5.82 Å². The van der Waals surface area contributed by atoms with Gasteiger partial charge in [-0.3, -0.25) is 0 Å². The van der Waals surface area contributed by atoms with Gasteiger partial charge in [0.2, 0.25) is 0 Å². The highest BCUT2D eigenvalue weighted by molar-refractivity contribution is 9.10. The van der Waals surface area contributed by atoms with Crippen LogP contribution in [0.25, 0.3) is 0 Å². The molecule has 156 valence electrons. The minimum atomic E-state index is -6.19. The lowest BCUT2D eigenvalue weighted by atomic mass is 9.70. The maximum Gasteiger partial charge on any atom is 0.449 e. The number of pyridine rings is 1. The second-order valence-electron chi connectivity index (χ2n) is 6.77. The molecule has 0 aliphatic carbocycles. The minimum Gasteiger partial charge on any atom is -0.598 e. The summed E-state index contributed by atoms with van der Waals surface area (Å²) in [6.07, 6.45) is -7.32. The molecule has 0 saturated carbocycles. The molecule has 0 spiro atoms. The monoisotopic (exact) mass is 486 g/mol. The Bertz CT molecular complexity index is 702. The van der Waals surface area contributed by atoms with Crippen molar-refractivity contribution in [3.63, 3.8) is 0 Å². The highest BCUT2D eigenvalue weighted by atomic mass is 79.9. The average Bonchev–Trinajstić information content (AvgIpc) is 2.47.